The quantitative estimate of drug-likeness (QED) is 0.615. The van der Waals surface area contributed by atoms with Gasteiger partial charge in [0.25, 0.3) is 0 Å². The fourth-order valence-electron chi connectivity index (χ4n) is 3.79. The van der Waals surface area contributed by atoms with E-state index in [9.17, 15) is 4.39 Å². The molecule has 106 valence electrons. The van der Waals surface area contributed by atoms with Crippen LogP contribution in [0.5, 0.6) is 0 Å². The van der Waals surface area contributed by atoms with Crippen molar-refractivity contribution in [2.75, 3.05) is 6.61 Å². The Kier molecular flexibility index (Phi) is 5.94. The zero-order valence-electron chi connectivity index (χ0n) is 11.9. The topological polar surface area (TPSA) is 9.23 Å². The molecule has 1 aliphatic heterocycles. The molecule has 1 nitrogen and oxygen atoms in total. The van der Waals surface area contributed by atoms with Crippen molar-refractivity contribution in [1.82, 2.24) is 0 Å². The van der Waals surface area contributed by atoms with E-state index in [4.69, 9.17) is 4.74 Å². The van der Waals surface area contributed by atoms with Gasteiger partial charge in [-0.05, 0) is 43.9 Å². The normalized spacial score (nSPS) is 36.3. The third-order valence-corrected chi connectivity index (χ3v) is 4.87. The van der Waals surface area contributed by atoms with E-state index in [0.29, 0.717) is 17.9 Å². The fourth-order valence-corrected chi connectivity index (χ4v) is 3.79. The molecule has 0 aromatic carbocycles. The Bertz CT molecular complexity index is 231. The van der Waals surface area contributed by atoms with Gasteiger partial charge >= 0.3 is 0 Å². The maximum atomic E-state index is 13.4. The summed E-state index contributed by atoms with van der Waals surface area (Å²) in [5.41, 5.74) is 0. The minimum Gasteiger partial charge on any atom is -0.378 e. The minimum absolute atomic E-state index is 0.442. The second-order valence-electron chi connectivity index (χ2n) is 6.24. The van der Waals surface area contributed by atoms with Gasteiger partial charge in [-0.15, -0.1) is 0 Å². The highest BCUT2D eigenvalue weighted by Crippen LogP contribution is 2.41. The highest BCUT2D eigenvalue weighted by Gasteiger charge is 2.38. The van der Waals surface area contributed by atoms with Gasteiger partial charge in [-0.25, -0.2) is 4.39 Å². The van der Waals surface area contributed by atoms with Crippen molar-refractivity contribution >= 4 is 0 Å². The van der Waals surface area contributed by atoms with Crippen LogP contribution in [0.25, 0.3) is 0 Å². The van der Waals surface area contributed by atoms with Gasteiger partial charge in [-0.2, -0.15) is 0 Å². The number of hydrogen-bond acceptors (Lipinski definition) is 1. The highest BCUT2D eigenvalue weighted by molar-refractivity contribution is 4.87. The molecule has 0 spiro atoms. The first-order valence-electron chi connectivity index (χ1n) is 8.07. The van der Waals surface area contributed by atoms with Crippen LogP contribution < -0.4 is 0 Å². The molecule has 0 aromatic rings. The molecule has 18 heavy (non-hydrogen) atoms. The Morgan fingerprint density at radius 1 is 1.06 bits per heavy atom. The van der Waals surface area contributed by atoms with E-state index in [2.05, 4.69) is 6.92 Å². The molecule has 1 saturated carbocycles. The first kappa shape index (κ1) is 14.3. The van der Waals surface area contributed by atoms with Crippen molar-refractivity contribution in [1.29, 1.82) is 0 Å². The molecule has 1 unspecified atom stereocenters. The number of unbranched alkanes of at least 4 members (excludes halogenated alkanes) is 4. The van der Waals surface area contributed by atoms with Crippen molar-refractivity contribution in [2.24, 2.45) is 11.8 Å². The summed E-state index contributed by atoms with van der Waals surface area (Å²) in [5, 5.41) is 0. The van der Waals surface area contributed by atoms with E-state index in [0.717, 1.165) is 32.3 Å². The van der Waals surface area contributed by atoms with E-state index in [1.807, 2.05) is 0 Å². The summed E-state index contributed by atoms with van der Waals surface area (Å²) in [4.78, 5) is 0. The first-order chi connectivity index (χ1) is 8.81. The van der Waals surface area contributed by atoms with Crippen LogP contribution in [0.3, 0.4) is 0 Å². The summed E-state index contributed by atoms with van der Waals surface area (Å²) >= 11 is 0. The number of halogens is 1. The van der Waals surface area contributed by atoms with Gasteiger partial charge < -0.3 is 4.74 Å². The van der Waals surface area contributed by atoms with Gasteiger partial charge in [0.2, 0.25) is 0 Å². The number of ether oxygens (including phenoxy) is 1. The second kappa shape index (κ2) is 7.47. The molecule has 2 fully saturated rings. The SMILES string of the molecule is CCCCCCC[C@H]1OCC[C@H]2CC(F)CC[C@@H]21. The Labute approximate surface area is 111 Å². The van der Waals surface area contributed by atoms with Crippen LogP contribution in [0.15, 0.2) is 0 Å². The van der Waals surface area contributed by atoms with Crippen molar-refractivity contribution in [3.63, 3.8) is 0 Å². The van der Waals surface area contributed by atoms with E-state index in [-0.39, 0.29) is 0 Å². The lowest BCUT2D eigenvalue weighted by atomic mass is 9.72. The Balaban J connectivity index is 1.71. The van der Waals surface area contributed by atoms with Crippen molar-refractivity contribution in [3.05, 3.63) is 0 Å². The largest absolute Gasteiger partial charge is 0.378 e. The minimum atomic E-state index is -0.533. The molecule has 4 atom stereocenters. The van der Waals surface area contributed by atoms with Crippen LogP contribution in [0, 0.1) is 11.8 Å². The summed E-state index contributed by atoms with van der Waals surface area (Å²) in [6, 6.07) is 0. The van der Waals surface area contributed by atoms with Gasteiger partial charge in [-0.3, -0.25) is 0 Å². The standard InChI is InChI=1S/C16H29FO/c1-2-3-4-5-6-7-16-15-9-8-14(17)12-13(15)10-11-18-16/h13-16H,2-12H2,1H3/t13-,14?,15-,16+/m0/s1. The Morgan fingerprint density at radius 2 is 1.89 bits per heavy atom. The molecule has 0 radical (unpaired) electrons. The van der Waals surface area contributed by atoms with Crippen molar-refractivity contribution in [3.8, 4) is 0 Å². The summed E-state index contributed by atoms with van der Waals surface area (Å²) in [6.07, 6.45) is 11.5. The van der Waals surface area contributed by atoms with Gasteiger partial charge in [-0.1, -0.05) is 39.0 Å². The van der Waals surface area contributed by atoms with Gasteiger partial charge in [0.15, 0.2) is 0 Å². The molecular formula is C16H29FO. The Hall–Kier alpha value is -0.110. The summed E-state index contributed by atoms with van der Waals surface area (Å²) in [5.74, 6) is 1.28. The van der Waals surface area contributed by atoms with E-state index in [1.54, 1.807) is 0 Å². The molecule has 2 heteroatoms. The molecule has 2 rings (SSSR count). The Morgan fingerprint density at radius 3 is 2.72 bits per heavy atom. The molecule has 0 amide bonds. The predicted molar refractivity (Wildman–Crippen MR) is 73.5 cm³/mol. The van der Waals surface area contributed by atoms with E-state index in [1.165, 1.54) is 38.5 Å². The van der Waals surface area contributed by atoms with Gasteiger partial charge in [0, 0.05) is 6.61 Å². The maximum Gasteiger partial charge on any atom is 0.100 e. The molecule has 2 aliphatic rings. The highest BCUT2D eigenvalue weighted by atomic mass is 19.1. The van der Waals surface area contributed by atoms with Gasteiger partial charge in [0.05, 0.1) is 6.10 Å². The first-order valence-corrected chi connectivity index (χ1v) is 8.07. The summed E-state index contributed by atoms with van der Waals surface area (Å²) in [6.45, 7) is 3.12. The molecule has 0 aromatic heterocycles. The molecule has 1 heterocycles. The lowest BCUT2D eigenvalue weighted by Gasteiger charge is -2.42. The third-order valence-electron chi connectivity index (χ3n) is 4.87. The number of alkyl halides is 1. The van der Waals surface area contributed by atoms with Crippen molar-refractivity contribution in [2.45, 2.75) is 83.4 Å². The van der Waals surface area contributed by atoms with Crippen molar-refractivity contribution < 1.29 is 9.13 Å². The average molecular weight is 256 g/mol. The summed E-state index contributed by atoms with van der Waals surface area (Å²) in [7, 11) is 0. The molecule has 0 N–H and O–H groups in total. The molecular weight excluding hydrogens is 227 g/mol. The van der Waals surface area contributed by atoms with Gasteiger partial charge in [0.1, 0.15) is 6.17 Å². The lowest BCUT2D eigenvalue weighted by Crippen LogP contribution is -2.40. The second-order valence-corrected chi connectivity index (χ2v) is 6.24. The van der Waals surface area contributed by atoms with Crippen LogP contribution in [0.1, 0.15) is 71.1 Å². The molecule has 1 saturated heterocycles. The molecule has 1 aliphatic carbocycles. The van der Waals surface area contributed by atoms with Crippen LogP contribution >= 0.6 is 0 Å². The van der Waals surface area contributed by atoms with Crippen LogP contribution in [0.4, 0.5) is 4.39 Å². The average Bonchev–Trinajstić information content (AvgIpc) is 2.38. The fraction of sp³-hybridized carbons (Fsp3) is 1.00. The van der Waals surface area contributed by atoms with Crippen LogP contribution in [-0.2, 0) is 4.74 Å². The number of hydrogen-bond donors (Lipinski definition) is 0. The third kappa shape index (κ3) is 3.94. The summed E-state index contributed by atoms with van der Waals surface area (Å²) < 4.78 is 19.4. The zero-order chi connectivity index (χ0) is 12.8. The predicted octanol–water partition coefficient (Wildman–Crippen LogP) is 4.89. The van der Waals surface area contributed by atoms with E-state index >= 15 is 0 Å². The lowest BCUT2D eigenvalue weighted by molar-refractivity contribution is -0.0846. The zero-order valence-corrected chi connectivity index (χ0v) is 11.9. The maximum absolute atomic E-state index is 13.4. The van der Waals surface area contributed by atoms with Crippen LogP contribution in [-0.4, -0.2) is 18.9 Å². The number of rotatable bonds is 6. The molecule has 0 bridgehead atoms. The monoisotopic (exact) mass is 256 g/mol. The number of fused-ring (bicyclic) bond motifs is 1. The van der Waals surface area contributed by atoms with E-state index < -0.39 is 6.17 Å². The van der Waals surface area contributed by atoms with Crippen LogP contribution in [0.2, 0.25) is 0 Å². The smallest absolute Gasteiger partial charge is 0.100 e.